The van der Waals surface area contributed by atoms with Crippen LogP contribution in [-0.4, -0.2) is 12.0 Å². The number of carbonyl (C=O) groups excluding carboxylic acids is 1. The van der Waals surface area contributed by atoms with Gasteiger partial charge in [-0.2, -0.15) is 0 Å². The van der Waals surface area contributed by atoms with Gasteiger partial charge in [-0.15, -0.1) is 0 Å². The molecule has 0 spiro atoms. The Morgan fingerprint density at radius 3 is 2.12 bits per heavy atom. The van der Waals surface area contributed by atoms with Crippen molar-refractivity contribution in [3.05, 3.63) is 64.7 Å². The van der Waals surface area contributed by atoms with Crippen molar-refractivity contribution >= 4 is 5.91 Å². The Balaban J connectivity index is 2.02. The number of hydrogen-bond donors (Lipinski definition) is 1. The van der Waals surface area contributed by atoms with Crippen molar-refractivity contribution in [2.45, 2.75) is 53.2 Å². The molecule has 2 rings (SSSR count). The maximum atomic E-state index is 12.5. The van der Waals surface area contributed by atoms with Crippen LogP contribution in [0.2, 0.25) is 0 Å². The fraction of sp³-hybridized carbons (Fsp3) is 0.381. The van der Waals surface area contributed by atoms with Gasteiger partial charge in [-0.05, 0) is 62.9 Å². The van der Waals surface area contributed by atoms with Crippen molar-refractivity contribution in [2.75, 3.05) is 0 Å². The molecule has 0 radical (unpaired) electrons. The van der Waals surface area contributed by atoms with Crippen molar-refractivity contribution in [3.63, 3.8) is 0 Å². The van der Waals surface area contributed by atoms with E-state index < -0.39 is 6.10 Å². The van der Waals surface area contributed by atoms with E-state index in [1.807, 2.05) is 26.0 Å². The first-order valence-corrected chi connectivity index (χ1v) is 8.51. The molecule has 0 aliphatic carbocycles. The summed E-state index contributed by atoms with van der Waals surface area (Å²) in [5.41, 5.74) is 4.59. The van der Waals surface area contributed by atoms with Gasteiger partial charge in [-0.1, -0.05) is 42.8 Å². The van der Waals surface area contributed by atoms with Gasteiger partial charge < -0.3 is 10.1 Å². The molecule has 0 heterocycles. The Hall–Kier alpha value is -2.29. The zero-order chi connectivity index (χ0) is 17.7. The number of hydrogen-bond acceptors (Lipinski definition) is 2. The van der Waals surface area contributed by atoms with Crippen LogP contribution in [0.4, 0.5) is 0 Å². The largest absolute Gasteiger partial charge is 0.481 e. The van der Waals surface area contributed by atoms with Crippen LogP contribution in [0.25, 0.3) is 0 Å². The maximum absolute atomic E-state index is 12.5. The lowest BCUT2D eigenvalue weighted by molar-refractivity contribution is -0.128. The van der Waals surface area contributed by atoms with Gasteiger partial charge in [-0.25, -0.2) is 0 Å². The van der Waals surface area contributed by atoms with E-state index in [0.29, 0.717) is 0 Å². The molecule has 2 atom stereocenters. The zero-order valence-corrected chi connectivity index (χ0v) is 15.2. The minimum absolute atomic E-state index is 0.00314. The molecule has 0 aromatic heterocycles. The first-order valence-electron chi connectivity index (χ1n) is 8.51. The van der Waals surface area contributed by atoms with E-state index >= 15 is 0 Å². The molecule has 0 unspecified atom stereocenters. The molecule has 1 amide bonds. The molecule has 0 saturated carbocycles. The summed E-state index contributed by atoms with van der Waals surface area (Å²) in [6.07, 6.45) is 0.302. The van der Waals surface area contributed by atoms with Gasteiger partial charge in [0.15, 0.2) is 6.10 Å². The van der Waals surface area contributed by atoms with Gasteiger partial charge in [-0.3, -0.25) is 4.79 Å². The number of rotatable bonds is 6. The number of aryl methyl sites for hydroxylation is 3. The van der Waals surface area contributed by atoms with Crippen molar-refractivity contribution in [1.82, 2.24) is 5.32 Å². The average Bonchev–Trinajstić information content (AvgIpc) is 2.52. The molecule has 128 valence electrons. The molecular weight excluding hydrogens is 298 g/mol. The van der Waals surface area contributed by atoms with Crippen LogP contribution < -0.4 is 10.1 Å². The number of benzene rings is 2. The normalized spacial score (nSPS) is 13.2. The van der Waals surface area contributed by atoms with Gasteiger partial charge in [0.25, 0.3) is 5.91 Å². The number of ether oxygens (including phenoxy) is 1. The Kier molecular flexibility index (Phi) is 6.02. The van der Waals surface area contributed by atoms with Crippen LogP contribution in [0.1, 0.15) is 48.6 Å². The molecule has 2 aromatic rings. The maximum Gasteiger partial charge on any atom is 0.261 e. The Morgan fingerprint density at radius 2 is 1.58 bits per heavy atom. The molecule has 1 N–H and O–H groups in total. The zero-order valence-electron chi connectivity index (χ0n) is 15.2. The highest BCUT2D eigenvalue weighted by atomic mass is 16.5. The highest BCUT2D eigenvalue weighted by molar-refractivity contribution is 5.81. The van der Waals surface area contributed by atoms with Gasteiger partial charge in [0, 0.05) is 0 Å². The third-order valence-electron chi connectivity index (χ3n) is 4.08. The molecular formula is C21H27NO2. The summed E-state index contributed by atoms with van der Waals surface area (Å²) in [4.78, 5) is 12.5. The highest BCUT2D eigenvalue weighted by Gasteiger charge is 2.19. The Bertz CT molecular complexity index is 671. The van der Waals surface area contributed by atoms with E-state index in [-0.39, 0.29) is 11.9 Å². The van der Waals surface area contributed by atoms with E-state index in [1.165, 1.54) is 5.56 Å². The Labute approximate surface area is 145 Å². The van der Waals surface area contributed by atoms with E-state index in [4.69, 9.17) is 4.74 Å². The molecule has 2 aromatic carbocycles. The second kappa shape index (κ2) is 8.00. The van der Waals surface area contributed by atoms with Gasteiger partial charge in [0.2, 0.25) is 0 Å². The van der Waals surface area contributed by atoms with Crippen molar-refractivity contribution in [3.8, 4) is 5.75 Å². The first kappa shape index (κ1) is 18.1. The predicted molar refractivity (Wildman–Crippen MR) is 98.4 cm³/mol. The van der Waals surface area contributed by atoms with E-state index in [2.05, 4.69) is 49.5 Å². The fourth-order valence-corrected chi connectivity index (χ4v) is 2.77. The summed E-state index contributed by atoms with van der Waals surface area (Å²) in [6.45, 7) is 9.96. The molecule has 24 heavy (non-hydrogen) atoms. The molecule has 0 bridgehead atoms. The third kappa shape index (κ3) is 4.85. The lowest BCUT2D eigenvalue weighted by Crippen LogP contribution is -2.38. The predicted octanol–water partition coefficient (Wildman–Crippen LogP) is 4.65. The molecule has 3 nitrogen and oxygen atoms in total. The topological polar surface area (TPSA) is 38.3 Å². The van der Waals surface area contributed by atoms with Crippen LogP contribution in [0.15, 0.2) is 42.5 Å². The monoisotopic (exact) mass is 325 g/mol. The summed E-state index contributed by atoms with van der Waals surface area (Å²) in [5, 5.41) is 3.09. The van der Waals surface area contributed by atoms with Crippen LogP contribution in [-0.2, 0) is 4.79 Å². The van der Waals surface area contributed by atoms with Crippen molar-refractivity contribution < 1.29 is 9.53 Å². The molecule has 3 heteroatoms. The lowest BCUT2D eigenvalue weighted by atomic mass is 10.0. The number of nitrogens with one attached hydrogen (secondary N) is 1. The molecule has 0 saturated heterocycles. The van der Waals surface area contributed by atoms with Gasteiger partial charge in [0.1, 0.15) is 5.75 Å². The minimum atomic E-state index is -0.536. The number of amides is 1. The van der Waals surface area contributed by atoms with E-state index in [0.717, 1.165) is 28.9 Å². The quantitative estimate of drug-likeness (QED) is 0.840. The van der Waals surface area contributed by atoms with Crippen molar-refractivity contribution in [2.24, 2.45) is 0 Å². The SMILES string of the molecule is CC[C@@H](NC(=O)[C@@H](C)Oc1cc(C)cc(C)c1)c1ccc(C)cc1. The second-order valence-electron chi connectivity index (χ2n) is 6.46. The van der Waals surface area contributed by atoms with Crippen LogP contribution in [0.5, 0.6) is 5.75 Å². The van der Waals surface area contributed by atoms with Gasteiger partial charge in [0.05, 0.1) is 6.04 Å². The summed E-state index contributed by atoms with van der Waals surface area (Å²) in [6, 6.07) is 14.3. The molecule has 0 aliphatic heterocycles. The third-order valence-corrected chi connectivity index (χ3v) is 4.08. The minimum Gasteiger partial charge on any atom is -0.481 e. The Morgan fingerprint density at radius 1 is 1.00 bits per heavy atom. The molecule has 0 fully saturated rings. The summed E-state index contributed by atoms with van der Waals surface area (Å²) in [5.74, 6) is 0.639. The van der Waals surface area contributed by atoms with E-state index in [9.17, 15) is 4.79 Å². The van der Waals surface area contributed by atoms with Gasteiger partial charge >= 0.3 is 0 Å². The van der Waals surface area contributed by atoms with Crippen LogP contribution in [0.3, 0.4) is 0 Å². The standard InChI is InChI=1S/C21H27NO2/c1-6-20(18-9-7-14(2)8-10-18)22-21(23)17(5)24-19-12-15(3)11-16(4)13-19/h7-13,17,20H,6H2,1-5H3,(H,22,23)/t17-,20-/m1/s1. The summed E-state index contributed by atoms with van der Waals surface area (Å²) >= 11 is 0. The van der Waals surface area contributed by atoms with Crippen LogP contribution >= 0.6 is 0 Å². The second-order valence-corrected chi connectivity index (χ2v) is 6.46. The fourth-order valence-electron chi connectivity index (χ4n) is 2.77. The summed E-state index contributed by atoms with van der Waals surface area (Å²) < 4.78 is 5.83. The average molecular weight is 325 g/mol. The number of carbonyl (C=O) groups is 1. The first-order chi connectivity index (χ1) is 11.4. The molecule has 0 aliphatic rings. The highest BCUT2D eigenvalue weighted by Crippen LogP contribution is 2.20. The van der Waals surface area contributed by atoms with Crippen LogP contribution in [0, 0.1) is 20.8 Å². The van der Waals surface area contributed by atoms with Crippen molar-refractivity contribution in [1.29, 1.82) is 0 Å². The lowest BCUT2D eigenvalue weighted by Gasteiger charge is -2.21. The van der Waals surface area contributed by atoms with E-state index in [1.54, 1.807) is 6.92 Å². The smallest absolute Gasteiger partial charge is 0.261 e. The summed E-state index contributed by atoms with van der Waals surface area (Å²) in [7, 11) is 0.